The summed E-state index contributed by atoms with van der Waals surface area (Å²) in [6.07, 6.45) is 4.27. The lowest BCUT2D eigenvalue weighted by atomic mass is 10.1. The van der Waals surface area contributed by atoms with Gasteiger partial charge in [-0.05, 0) is 6.42 Å². The summed E-state index contributed by atoms with van der Waals surface area (Å²) in [6, 6.07) is -0.903. The van der Waals surface area contributed by atoms with Crippen molar-refractivity contribution in [2.45, 2.75) is 32.2 Å². The van der Waals surface area contributed by atoms with Crippen molar-refractivity contribution in [3.63, 3.8) is 0 Å². The van der Waals surface area contributed by atoms with Gasteiger partial charge in [-0.25, -0.2) is 9.78 Å². The number of hydrogen-bond acceptors (Lipinski definition) is 3. The lowest BCUT2D eigenvalue weighted by Crippen LogP contribution is -2.42. The first-order valence-corrected chi connectivity index (χ1v) is 5.13. The Labute approximate surface area is 93.1 Å². The molecule has 1 aromatic rings. The van der Waals surface area contributed by atoms with E-state index in [0.717, 1.165) is 0 Å². The summed E-state index contributed by atoms with van der Waals surface area (Å²) in [6.45, 7) is 1.87. The molecule has 6 heteroatoms. The average molecular weight is 225 g/mol. The van der Waals surface area contributed by atoms with Gasteiger partial charge >= 0.3 is 5.97 Å². The lowest BCUT2D eigenvalue weighted by Gasteiger charge is -2.13. The fraction of sp³-hybridized carbons (Fsp3) is 0.500. The second-order valence-corrected chi connectivity index (χ2v) is 3.49. The van der Waals surface area contributed by atoms with E-state index >= 15 is 0 Å². The van der Waals surface area contributed by atoms with Crippen molar-refractivity contribution in [2.24, 2.45) is 0 Å². The number of rotatable bonds is 6. The standard InChI is InChI=1S/C10H15N3O3/c1-2-3-9(14)13-8(10(15)16)4-7-5-11-6-12-7/h5-6,8H,2-4H2,1H3,(H,11,12)(H,13,14)(H,15,16). The van der Waals surface area contributed by atoms with Gasteiger partial charge in [0.1, 0.15) is 6.04 Å². The molecule has 0 saturated carbocycles. The summed E-state index contributed by atoms with van der Waals surface area (Å²) in [7, 11) is 0. The molecule has 0 bridgehead atoms. The lowest BCUT2D eigenvalue weighted by molar-refractivity contribution is -0.141. The van der Waals surface area contributed by atoms with Crippen LogP contribution in [0, 0.1) is 0 Å². The third-order valence-electron chi connectivity index (χ3n) is 2.09. The minimum absolute atomic E-state index is 0.213. The largest absolute Gasteiger partial charge is 0.480 e. The van der Waals surface area contributed by atoms with E-state index in [-0.39, 0.29) is 12.3 Å². The molecule has 0 saturated heterocycles. The van der Waals surface area contributed by atoms with Crippen molar-refractivity contribution < 1.29 is 14.7 Å². The molecule has 0 fully saturated rings. The molecule has 0 aromatic carbocycles. The molecule has 1 atom stereocenters. The van der Waals surface area contributed by atoms with Crippen molar-refractivity contribution in [2.75, 3.05) is 0 Å². The maximum Gasteiger partial charge on any atom is 0.326 e. The highest BCUT2D eigenvalue weighted by molar-refractivity contribution is 5.83. The highest BCUT2D eigenvalue weighted by Gasteiger charge is 2.20. The molecule has 0 spiro atoms. The first kappa shape index (κ1) is 12.2. The van der Waals surface area contributed by atoms with Crippen LogP contribution in [0.4, 0.5) is 0 Å². The van der Waals surface area contributed by atoms with E-state index in [1.165, 1.54) is 6.33 Å². The van der Waals surface area contributed by atoms with Crippen molar-refractivity contribution in [1.82, 2.24) is 15.3 Å². The summed E-state index contributed by atoms with van der Waals surface area (Å²) in [5.41, 5.74) is 0.684. The quantitative estimate of drug-likeness (QED) is 0.649. The van der Waals surface area contributed by atoms with Gasteiger partial charge in [0.25, 0.3) is 0 Å². The Balaban J connectivity index is 2.54. The average Bonchev–Trinajstić information content (AvgIpc) is 2.69. The van der Waals surface area contributed by atoms with Gasteiger partial charge in [-0.2, -0.15) is 0 Å². The molecule has 0 aliphatic carbocycles. The van der Waals surface area contributed by atoms with Crippen LogP contribution in [0.2, 0.25) is 0 Å². The van der Waals surface area contributed by atoms with Crippen LogP contribution in [-0.2, 0) is 16.0 Å². The van der Waals surface area contributed by atoms with Crippen LogP contribution in [0.15, 0.2) is 12.5 Å². The van der Waals surface area contributed by atoms with Crippen LogP contribution >= 0.6 is 0 Å². The predicted octanol–water partition coefficient (Wildman–Crippen LogP) is 0.322. The molecular weight excluding hydrogens is 210 g/mol. The molecule has 1 amide bonds. The Morgan fingerprint density at radius 3 is 2.88 bits per heavy atom. The van der Waals surface area contributed by atoms with Crippen LogP contribution in [0.1, 0.15) is 25.5 Å². The number of H-pyrrole nitrogens is 1. The fourth-order valence-electron chi connectivity index (χ4n) is 1.31. The van der Waals surface area contributed by atoms with Crippen LogP contribution in [0.5, 0.6) is 0 Å². The summed E-state index contributed by atoms with van der Waals surface area (Å²) >= 11 is 0. The zero-order valence-electron chi connectivity index (χ0n) is 9.06. The minimum atomic E-state index is -1.04. The highest BCUT2D eigenvalue weighted by Crippen LogP contribution is 1.99. The molecular formula is C10H15N3O3. The summed E-state index contributed by atoms with van der Waals surface area (Å²) in [5, 5.41) is 11.4. The second-order valence-electron chi connectivity index (χ2n) is 3.49. The van der Waals surface area contributed by atoms with Crippen molar-refractivity contribution >= 4 is 11.9 Å². The molecule has 1 aromatic heterocycles. The molecule has 3 N–H and O–H groups in total. The van der Waals surface area contributed by atoms with Gasteiger partial charge in [0.15, 0.2) is 0 Å². The SMILES string of the molecule is CCCC(=O)NC(Cc1cnc[nH]1)C(=O)O. The van der Waals surface area contributed by atoms with Gasteiger partial charge in [-0.15, -0.1) is 0 Å². The van der Waals surface area contributed by atoms with E-state index in [9.17, 15) is 9.59 Å². The second kappa shape index (κ2) is 5.89. The Kier molecular flexibility index (Phi) is 4.50. The monoisotopic (exact) mass is 225 g/mol. The molecule has 0 aliphatic heterocycles. The minimum Gasteiger partial charge on any atom is -0.480 e. The van der Waals surface area contributed by atoms with Gasteiger partial charge in [-0.1, -0.05) is 6.92 Å². The van der Waals surface area contributed by atoms with Gasteiger partial charge in [0.05, 0.1) is 6.33 Å². The van der Waals surface area contributed by atoms with E-state index in [1.54, 1.807) is 6.20 Å². The first-order valence-electron chi connectivity index (χ1n) is 5.13. The van der Waals surface area contributed by atoms with Gasteiger partial charge in [0.2, 0.25) is 5.91 Å². The predicted molar refractivity (Wildman–Crippen MR) is 56.8 cm³/mol. The Morgan fingerprint density at radius 1 is 1.62 bits per heavy atom. The number of carboxylic acids is 1. The zero-order valence-corrected chi connectivity index (χ0v) is 9.06. The van der Waals surface area contributed by atoms with E-state index in [1.807, 2.05) is 6.92 Å². The summed E-state index contributed by atoms with van der Waals surface area (Å²) < 4.78 is 0. The van der Waals surface area contributed by atoms with Crippen LogP contribution < -0.4 is 5.32 Å². The molecule has 16 heavy (non-hydrogen) atoms. The van der Waals surface area contributed by atoms with Crippen molar-refractivity contribution in [3.05, 3.63) is 18.2 Å². The smallest absolute Gasteiger partial charge is 0.326 e. The van der Waals surface area contributed by atoms with E-state index in [2.05, 4.69) is 15.3 Å². The number of nitrogens with zero attached hydrogens (tertiary/aromatic N) is 1. The van der Waals surface area contributed by atoms with Crippen LogP contribution in [0.25, 0.3) is 0 Å². The molecule has 88 valence electrons. The van der Waals surface area contributed by atoms with E-state index in [0.29, 0.717) is 18.5 Å². The van der Waals surface area contributed by atoms with Crippen LogP contribution in [0.3, 0.4) is 0 Å². The van der Waals surface area contributed by atoms with E-state index < -0.39 is 12.0 Å². The fourth-order valence-corrected chi connectivity index (χ4v) is 1.31. The number of carbonyl (C=O) groups is 2. The zero-order chi connectivity index (χ0) is 12.0. The number of carbonyl (C=O) groups excluding carboxylic acids is 1. The molecule has 1 unspecified atom stereocenters. The summed E-state index contributed by atoms with van der Waals surface area (Å²) in [5.74, 6) is -1.28. The third-order valence-corrected chi connectivity index (χ3v) is 2.09. The van der Waals surface area contributed by atoms with Crippen LogP contribution in [-0.4, -0.2) is 33.0 Å². The number of imidazole rings is 1. The third kappa shape index (κ3) is 3.72. The van der Waals surface area contributed by atoms with Gasteiger partial charge in [0, 0.05) is 24.7 Å². The van der Waals surface area contributed by atoms with E-state index in [4.69, 9.17) is 5.11 Å². The highest BCUT2D eigenvalue weighted by atomic mass is 16.4. The van der Waals surface area contributed by atoms with Crippen molar-refractivity contribution in [3.8, 4) is 0 Å². The number of aromatic nitrogens is 2. The molecule has 1 rings (SSSR count). The van der Waals surface area contributed by atoms with Gasteiger partial charge < -0.3 is 15.4 Å². The maximum absolute atomic E-state index is 11.3. The number of hydrogen-bond donors (Lipinski definition) is 3. The van der Waals surface area contributed by atoms with Gasteiger partial charge in [-0.3, -0.25) is 4.79 Å². The summed E-state index contributed by atoms with van der Waals surface area (Å²) in [4.78, 5) is 28.8. The van der Waals surface area contributed by atoms with Crippen molar-refractivity contribution in [1.29, 1.82) is 0 Å². The molecule has 0 aliphatic rings. The number of aliphatic carboxylic acids is 1. The number of amides is 1. The molecule has 0 radical (unpaired) electrons. The topological polar surface area (TPSA) is 95.1 Å². The molecule has 6 nitrogen and oxygen atoms in total. The molecule has 1 heterocycles. The first-order chi connectivity index (χ1) is 7.63. The normalized spacial score (nSPS) is 12.1. The Bertz CT molecular complexity index is 348. The number of nitrogens with one attached hydrogen (secondary N) is 2. The Morgan fingerprint density at radius 2 is 2.38 bits per heavy atom. The Hall–Kier alpha value is -1.85. The number of aromatic amines is 1. The maximum atomic E-state index is 11.3. The number of carboxylic acid groups (broad SMARTS) is 1.